The van der Waals surface area contributed by atoms with E-state index in [4.69, 9.17) is 4.74 Å². The second-order valence-corrected chi connectivity index (χ2v) is 7.61. The molecule has 2 heterocycles. The number of nitrogens with zero attached hydrogens (tertiary/aromatic N) is 1. The minimum Gasteiger partial charge on any atom is -0.381 e. The van der Waals surface area contributed by atoms with Crippen molar-refractivity contribution in [2.24, 2.45) is 11.8 Å². The number of hydrogen-bond acceptors (Lipinski definition) is 4. The van der Waals surface area contributed by atoms with Crippen LogP contribution < -0.4 is 4.72 Å². The van der Waals surface area contributed by atoms with E-state index in [9.17, 15) is 8.42 Å². The van der Waals surface area contributed by atoms with Crippen LogP contribution in [0.25, 0.3) is 0 Å². The van der Waals surface area contributed by atoms with E-state index >= 15 is 0 Å². The Bertz CT molecular complexity index is 366. The first kappa shape index (κ1) is 15.2. The van der Waals surface area contributed by atoms with Gasteiger partial charge in [-0.25, -0.2) is 13.1 Å². The van der Waals surface area contributed by atoms with E-state index in [0.717, 1.165) is 32.5 Å². The van der Waals surface area contributed by atoms with Crippen molar-refractivity contribution in [2.45, 2.75) is 26.2 Å². The molecule has 0 bridgehead atoms. The number of ether oxygens (including phenoxy) is 1. The zero-order valence-electron chi connectivity index (χ0n) is 11.8. The lowest BCUT2D eigenvalue weighted by Crippen LogP contribution is -2.41. The second-order valence-electron chi connectivity index (χ2n) is 5.76. The molecule has 0 aromatic heterocycles. The quantitative estimate of drug-likeness (QED) is 0.781. The molecule has 2 atom stereocenters. The Morgan fingerprint density at radius 3 is 2.84 bits per heavy atom. The molecular weight excluding hydrogens is 264 g/mol. The summed E-state index contributed by atoms with van der Waals surface area (Å²) in [7, 11) is -3.14. The van der Waals surface area contributed by atoms with Crippen molar-refractivity contribution in [1.29, 1.82) is 0 Å². The molecule has 112 valence electrons. The van der Waals surface area contributed by atoms with Crippen molar-refractivity contribution >= 4 is 10.0 Å². The monoisotopic (exact) mass is 290 g/mol. The van der Waals surface area contributed by atoms with Crippen LogP contribution in [0.3, 0.4) is 0 Å². The Balaban J connectivity index is 1.73. The van der Waals surface area contributed by atoms with E-state index in [0.29, 0.717) is 25.7 Å². The van der Waals surface area contributed by atoms with Crippen LogP contribution in [0.4, 0.5) is 0 Å². The van der Waals surface area contributed by atoms with Gasteiger partial charge >= 0.3 is 0 Å². The number of hydrogen-bond donors (Lipinski definition) is 1. The van der Waals surface area contributed by atoms with E-state index in [1.165, 1.54) is 6.42 Å². The van der Waals surface area contributed by atoms with Crippen LogP contribution in [0.5, 0.6) is 0 Å². The molecule has 2 saturated heterocycles. The predicted octanol–water partition coefficient (Wildman–Crippen LogP) is 0.674. The van der Waals surface area contributed by atoms with E-state index in [2.05, 4.69) is 16.5 Å². The second kappa shape index (κ2) is 7.02. The summed E-state index contributed by atoms with van der Waals surface area (Å²) in [5.41, 5.74) is 0. The zero-order chi connectivity index (χ0) is 13.7. The van der Waals surface area contributed by atoms with Gasteiger partial charge in [-0.2, -0.15) is 0 Å². The molecule has 0 spiro atoms. The highest BCUT2D eigenvalue weighted by molar-refractivity contribution is 7.89. The summed E-state index contributed by atoms with van der Waals surface area (Å²) in [6, 6.07) is 0. The van der Waals surface area contributed by atoms with Gasteiger partial charge in [0, 0.05) is 19.7 Å². The molecule has 1 N–H and O–H groups in total. The van der Waals surface area contributed by atoms with E-state index in [1.807, 2.05) is 0 Å². The van der Waals surface area contributed by atoms with Crippen LogP contribution in [0.15, 0.2) is 0 Å². The molecule has 2 aliphatic rings. The number of rotatable bonds is 6. The third-order valence-corrected chi connectivity index (χ3v) is 5.64. The first-order valence-electron chi connectivity index (χ1n) is 7.36. The largest absolute Gasteiger partial charge is 0.381 e. The molecule has 0 radical (unpaired) electrons. The van der Waals surface area contributed by atoms with E-state index < -0.39 is 10.0 Å². The van der Waals surface area contributed by atoms with Crippen LogP contribution in [-0.2, 0) is 14.8 Å². The van der Waals surface area contributed by atoms with Gasteiger partial charge in [0.15, 0.2) is 0 Å². The smallest absolute Gasteiger partial charge is 0.211 e. The van der Waals surface area contributed by atoms with Gasteiger partial charge in [0.05, 0.1) is 12.4 Å². The Hall–Kier alpha value is -0.170. The lowest BCUT2D eigenvalue weighted by atomic mass is 9.98. The molecule has 2 unspecified atom stereocenters. The maximum absolute atomic E-state index is 12.0. The highest BCUT2D eigenvalue weighted by atomic mass is 32.2. The predicted molar refractivity (Wildman–Crippen MR) is 75.6 cm³/mol. The molecule has 0 amide bonds. The molecule has 0 aromatic carbocycles. The number of piperidine rings is 1. The van der Waals surface area contributed by atoms with Gasteiger partial charge in [0.1, 0.15) is 0 Å². The van der Waals surface area contributed by atoms with Crippen LogP contribution >= 0.6 is 0 Å². The lowest BCUT2D eigenvalue weighted by Gasteiger charge is -2.31. The summed E-state index contributed by atoms with van der Waals surface area (Å²) < 4.78 is 32.0. The molecule has 2 rings (SSSR count). The molecular formula is C13H26N2O3S. The SMILES string of the molecule is CCN1CCCC(CNS(=O)(=O)CC2CCOC2)C1. The van der Waals surface area contributed by atoms with Crippen molar-refractivity contribution in [3.63, 3.8) is 0 Å². The number of sulfonamides is 1. The Kier molecular flexibility index (Phi) is 5.62. The van der Waals surface area contributed by atoms with Gasteiger partial charge in [0.2, 0.25) is 10.0 Å². The number of nitrogens with one attached hydrogen (secondary N) is 1. The summed E-state index contributed by atoms with van der Waals surface area (Å²) >= 11 is 0. The molecule has 19 heavy (non-hydrogen) atoms. The molecule has 2 fully saturated rings. The fraction of sp³-hybridized carbons (Fsp3) is 1.00. The molecule has 5 nitrogen and oxygen atoms in total. The van der Waals surface area contributed by atoms with Gasteiger partial charge in [-0.1, -0.05) is 6.92 Å². The normalized spacial score (nSPS) is 29.7. The average molecular weight is 290 g/mol. The van der Waals surface area contributed by atoms with Gasteiger partial charge in [-0.15, -0.1) is 0 Å². The first-order valence-corrected chi connectivity index (χ1v) is 9.01. The van der Waals surface area contributed by atoms with Gasteiger partial charge in [-0.3, -0.25) is 0 Å². The first-order chi connectivity index (χ1) is 9.09. The number of likely N-dealkylation sites (tertiary alicyclic amines) is 1. The van der Waals surface area contributed by atoms with Crippen molar-refractivity contribution in [3.8, 4) is 0 Å². The lowest BCUT2D eigenvalue weighted by molar-refractivity contribution is 0.183. The molecule has 0 aromatic rings. The topological polar surface area (TPSA) is 58.6 Å². The van der Waals surface area contributed by atoms with Crippen molar-refractivity contribution in [1.82, 2.24) is 9.62 Å². The van der Waals surface area contributed by atoms with Crippen molar-refractivity contribution in [2.75, 3.05) is 45.1 Å². The maximum atomic E-state index is 12.0. The van der Waals surface area contributed by atoms with Crippen LogP contribution in [0, 0.1) is 11.8 Å². The van der Waals surface area contributed by atoms with E-state index in [-0.39, 0.29) is 11.7 Å². The summed E-state index contributed by atoms with van der Waals surface area (Å²) in [4.78, 5) is 2.40. The molecule has 6 heteroatoms. The maximum Gasteiger partial charge on any atom is 0.211 e. The summed E-state index contributed by atoms with van der Waals surface area (Å²) in [5.74, 6) is 0.858. The highest BCUT2D eigenvalue weighted by Crippen LogP contribution is 2.17. The Morgan fingerprint density at radius 1 is 1.32 bits per heavy atom. The zero-order valence-corrected chi connectivity index (χ0v) is 12.6. The Labute approximate surface area is 116 Å². The van der Waals surface area contributed by atoms with Gasteiger partial charge < -0.3 is 9.64 Å². The third kappa shape index (κ3) is 5.02. The fourth-order valence-corrected chi connectivity index (χ4v) is 4.42. The highest BCUT2D eigenvalue weighted by Gasteiger charge is 2.25. The minimum absolute atomic E-state index is 0.177. The van der Waals surface area contributed by atoms with Crippen LogP contribution in [0.1, 0.15) is 26.2 Å². The van der Waals surface area contributed by atoms with Crippen LogP contribution in [-0.4, -0.2) is 58.5 Å². The third-order valence-electron chi connectivity index (χ3n) is 4.12. The van der Waals surface area contributed by atoms with Crippen molar-refractivity contribution in [3.05, 3.63) is 0 Å². The minimum atomic E-state index is -3.14. The van der Waals surface area contributed by atoms with Gasteiger partial charge in [0.25, 0.3) is 0 Å². The van der Waals surface area contributed by atoms with E-state index in [1.54, 1.807) is 0 Å². The van der Waals surface area contributed by atoms with Gasteiger partial charge in [-0.05, 0) is 44.2 Å². The molecule has 0 aliphatic carbocycles. The standard InChI is InChI=1S/C13H26N2O3S/c1-2-15-6-3-4-12(9-15)8-14-19(16,17)11-13-5-7-18-10-13/h12-14H,2-11H2,1H3. The molecule has 0 saturated carbocycles. The fourth-order valence-electron chi connectivity index (χ4n) is 2.93. The summed E-state index contributed by atoms with van der Waals surface area (Å²) in [5, 5.41) is 0. The average Bonchev–Trinajstić information content (AvgIpc) is 2.89. The Morgan fingerprint density at radius 2 is 2.16 bits per heavy atom. The van der Waals surface area contributed by atoms with Crippen molar-refractivity contribution < 1.29 is 13.2 Å². The summed E-state index contributed by atoms with van der Waals surface area (Å²) in [6.45, 7) is 7.27. The van der Waals surface area contributed by atoms with Crippen LogP contribution in [0.2, 0.25) is 0 Å². The summed E-state index contributed by atoms with van der Waals surface area (Å²) in [6.07, 6.45) is 3.18. The molecule has 2 aliphatic heterocycles.